The van der Waals surface area contributed by atoms with Crippen LogP contribution in [0.25, 0.3) is 0 Å². The summed E-state index contributed by atoms with van der Waals surface area (Å²) in [5.41, 5.74) is 0.901. The summed E-state index contributed by atoms with van der Waals surface area (Å²) in [7, 11) is 0. The maximum Gasteiger partial charge on any atom is 0.142 e. The number of rotatable bonds is 3. The Morgan fingerprint density at radius 3 is 3.00 bits per heavy atom. The summed E-state index contributed by atoms with van der Waals surface area (Å²) < 4.78 is 13.5. The molecular formula is C15H20ClFN2. The van der Waals surface area contributed by atoms with Gasteiger partial charge in [-0.25, -0.2) is 4.39 Å². The van der Waals surface area contributed by atoms with E-state index in [-0.39, 0.29) is 10.8 Å². The van der Waals surface area contributed by atoms with Crippen LogP contribution in [0.3, 0.4) is 0 Å². The Morgan fingerprint density at radius 1 is 1.37 bits per heavy atom. The van der Waals surface area contributed by atoms with E-state index in [0.717, 1.165) is 44.1 Å². The van der Waals surface area contributed by atoms with Crippen molar-refractivity contribution < 1.29 is 4.39 Å². The Balaban J connectivity index is 1.68. The van der Waals surface area contributed by atoms with Crippen molar-refractivity contribution in [2.75, 3.05) is 19.6 Å². The molecule has 1 aliphatic carbocycles. The van der Waals surface area contributed by atoms with Crippen LogP contribution in [-0.2, 0) is 6.54 Å². The predicted octanol–water partition coefficient (Wildman–Crippen LogP) is 3.05. The fraction of sp³-hybridized carbons (Fsp3) is 0.600. The third kappa shape index (κ3) is 3.28. The Kier molecular flexibility index (Phi) is 4.06. The van der Waals surface area contributed by atoms with Crippen LogP contribution in [0.2, 0.25) is 5.02 Å². The zero-order valence-electron chi connectivity index (χ0n) is 11.0. The van der Waals surface area contributed by atoms with Gasteiger partial charge in [-0.15, -0.1) is 0 Å². The van der Waals surface area contributed by atoms with E-state index in [1.54, 1.807) is 6.07 Å². The van der Waals surface area contributed by atoms with E-state index >= 15 is 0 Å². The molecule has 0 spiro atoms. The highest BCUT2D eigenvalue weighted by atomic mass is 35.5. The van der Waals surface area contributed by atoms with Crippen LogP contribution in [0.1, 0.15) is 24.8 Å². The van der Waals surface area contributed by atoms with Crippen LogP contribution in [0, 0.1) is 11.7 Å². The van der Waals surface area contributed by atoms with E-state index in [0.29, 0.717) is 6.04 Å². The van der Waals surface area contributed by atoms with Gasteiger partial charge < -0.3 is 5.32 Å². The minimum Gasteiger partial charge on any atom is -0.312 e. The van der Waals surface area contributed by atoms with Crippen LogP contribution in [0.5, 0.6) is 0 Å². The lowest BCUT2D eigenvalue weighted by atomic mass is 10.1. The largest absolute Gasteiger partial charge is 0.312 e. The van der Waals surface area contributed by atoms with Crippen LogP contribution in [0.4, 0.5) is 4.39 Å². The molecule has 1 aromatic rings. The predicted molar refractivity (Wildman–Crippen MR) is 75.8 cm³/mol. The van der Waals surface area contributed by atoms with Crippen LogP contribution >= 0.6 is 11.6 Å². The monoisotopic (exact) mass is 282 g/mol. The van der Waals surface area contributed by atoms with Crippen molar-refractivity contribution in [3.63, 3.8) is 0 Å². The lowest BCUT2D eigenvalue weighted by molar-refractivity contribution is 0.250. The van der Waals surface area contributed by atoms with Crippen LogP contribution < -0.4 is 5.32 Å². The zero-order chi connectivity index (χ0) is 13.2. The van der Waals surface area contributed by atoms with Crippen molar-refractivity contribution in [2.24, 2.45) is 5.92 Å². The number of hydrogen-bond acceptors (Lipinski definition) is 2. The standard InChI is InChI=1S/C15H20ClFN2/c16-15-12(3-1-4-13(15)17)9-19-8-2-7-18-14(10-19)11-5-6-11/h1,3-4,11,14,18H,2,5-10H2. The summed E-state index contributed by atoms with van der Waals surface area (Å²) >= 11 is 6.05. The third-order valence-corrected chi connectivity index (χ3v) is 4.55. The third-order valence-electron chi connectivity index (χ3n) is 4.13. The Hall–Kier alpha value is -0.640. The number of hydrogen-bond donors (Lipinski definition) is 1. The quantitative estimate of drug-likeness (QED) is 0.917. The molecule has 19 heavy (non-hydrogen) atoms. The lowest BCUT2D eigenvalue weighted by Crippen LogP contribution is -2.39. The van der Waals surface area contributed by atoms with E-state index in [4.69, 9.17) is 11.6 Å². The lowest BCUT2D eigenvalue weighted by Gasteiger charge is -2.24. The Labute approximate surface area is 118 Å². The van der Waals surface area contributed by atoms with Gasteiger partial charge in [0.1, 0.15) is 5.82 Å². The first-order valence-electron chi connectivity index (χ1n) is 7.12. The summed E-state index contributed by atoms with van der Waals surface area (Å²) in [6.45, 7) is 3.95. The van der Waals surface area contributed by atoms with Gasteiger partial charge in [0.2, 0.25) is 0 Å². The number of benzene rings is 1. The summed E-state index contributed by atoms with van der Waals surface area (Å²) in [5.74, 6) is 0.537. The maximum atomic E-state index is 13.5. The molecule has 0 aromatic heterocycles. The molecule has 104 valence electrons. The number of nitrogens with one attached hydrogen (secondary N) is 1. The average molecular weight is 283 g/mol. The van der Waals surface area contributed by atoms with Gasteiger partial charge in [-0.05, 0) is 49.9 Å². The second-order valence-corrected chi connectivity index (χ2v) is 6.08. The second-order valence-electron chi connectivity index (χ2n) is 5.70. The van der Waals surface area contributed by atoms with Crippen molar-refractivity contribution in [1.29, 1.82) is 0 Å². The molecule has 4 heteroatoms. The minimum atomic E-state index is -0.314. The molecule has 1 heterocycles. The van der Waals surface area contributed by atoms with Crippen molar-refractivity contribution in [3.05, 3.63) is 34.6 Å². The molecule has 1 N–H and O–H groups in total. The summed E-state index contributed by atoms with van der Waals surface area (Å²) in [6.07, 6.45) is 3.86. The molecule has 1 aromatic carbocycles. The first kappa shape index (κ1) is 13.3. The van der Waals surface area contributed by atoms with Gasteiger partial charge in [-0.3, -0.25) is 4.90 Å². The smallest absolute Gasteiger partial charge is 0.142 e. The van der Waals surface area contributed by atoms with Gasteiger partial charge in [-0.1, -0.05) is 23.7 Å². The first-order valence-corrected chi connectivity index (χ1v) is 7.50. The van der Waals surface area contributed by atoms with Gasteiger partial charge in [0.15, 0.2) is 0 Å². The molecule has 1 aliphatic heterocycles. The van der Waals surface area contributed by atoms with Crippen LogP contribution in [-0.4, -0.2) is 30.6 Å². The normalized spacial score (nSPS) is 25.3. The maximum absolute atomic E-state index is 13.5. The molecule has 0 amide bonds. The SMILES string of the molecule is Fc1cccc(CN2CCCNC(C3CC3)C2)c1Cl. The van der Waals surface area contributed by atoms with Gasteiger partial charge in [-0.2, -0.15) is 0 Å². The summed E-state index contributed by atoms with van der Waals surface area (Å²) in [4.78, 5) is 2.41. The molecule has 2 aliphatic rings. The Morgan fingerprint density at radius 2 is 2.21 bits per heavy atom. The Bertz CT molecular complexity index is 448. The van der Waals surface area contributed by atoms with E-state index in [9.17, 15) is 4.39 Å². The fourth-order valence-electron chi connectivity index (χ4n) is 2.89. The van der Waals surface area contributed by atoms with Crippen molar-refractivity contribution in [2.45, 2.75) is 31.8 Å². The molecule has 1 unspecified atom stereocenters. The highest BCUT2D eigenvalue weighted by Gasteiger charge is 2.33. The van der Waals surface area contributed by atoms with E-state index in [2.05, 4.69) is 10.2 Å². The van der Waals surface area contributed by atoms with Crippen LogP contribution in [0.15, 0.2) is 18.2 Å². The highest BCUT2D eigenvalue weighted by molar-refractivity contribution is 6.31. The highest BCUT2D eigenvalue weighted by Crippen LogP contribution is 2.34. The fourth-order valence-corrected chi connectivity index (χ4v) is 3.08. The molecule has 3 rings (SSSR count). The van der Waals surface area contributed by atoms with E-state index < -0.39 is 0 Å². The molecule has 0 bridgehead atoms. The summed E-state index contributed by atoms with van der Waals surface area (Å²) in [6, 6.07) is 5.69. The molecule has 2 nitrogen and oxygen atoms in total. The second kappa shape index (κ2) is 5.78. The molecule has 1 atom stereocenters. The van der Waals surface area contributed by atoms with Crippen molar-refractivity contribution in [3.8, 4) is 0 Å². The van der Waals surface area contributed by atoms with Gasteiger partial charge in [0, 0.05) is 19.1 Å². The van der Waals surface area contributed by atoms with Gasteiger partial charge in [0.25, 0.3) is 0 Å². The number of halogens is 2. The average Bonchev–Trinajstić information content (AvgIpc) is 3.21. The van der Waals surface area contributed by atoms with Gasteiger partial charge >= 0.3 is 0 Å². The topological polar surface area (TPSA) is 15.3 Å². The molecule has 0 radical (unpaired) electrons. The molecule has 2 fully saturated rings. The molecule has 1 saturated carbocycles. The summed E-state index contributed by atoms with van der Waals surface area (Å²) in [5, 5.41) is 3.92. The minimum absolute atomic E-state index is 0.280. The molecular weight excluding hydrogens is 263 g/mol. The zero-order valence-corrected chi connectivity index (χ0v) is 11.8. The van der Waals surface area contributed by atoms with E-state index in [1.165, 1.54) is 18.9 Å². The van der Waals surface area contributed by atoms with Gasteiger partial charge in [0.05, 0.1) is 5.02 Å². The number of nitrogens with zero attached hydrogens (tertiary/aromatic N) is 1. The van der Waals surface area contributed by atoms with E-state index in [1.807, 2.05) is 6.07 Å². The first-order chi connectivity index (χ1) is 9.24. The molecule has 1 saturated heterocycles. The van der Waals surface area contributed by atoms with Crippen molar-refractivity contribution >= 4 is 11.6 Å². The van der Waals surface area contributed by atoms with Crippen molar-refractivity contribution in [1.82, 2.24) is 10.2 Å².